The zero-order valence-electron chi connectivity index (χ0n) is 13.5. The summed E-state index contributed by atoms with van der Waals surface area (Å²) >= 11 is 0. The van der Waals surface area contributed by atoms with Crippen LogP contribution in [0.15, 0.2) is 18.2 Å². The van der Waals surface area contributed by atoms with Crippen molar-refractivity contribution >= 4 is 17.7 Å². The van der Waals surface area contributed by atoms with Gasteiger partial charge in [-0.15, -0.1) is 0 Å². The average Bonchev–Trinajstić information content (AvgIpc) is 2.43. The molecule has 1 saturated carbocycles. The Labute approximate surface area is 132 Å². The fourth-order valence-electron chi connectivity index (χ4n) is 2.90. The minimum Gasteiger partial charge on any atom is -0.369 e. The van der Waals surface area contributed by atoms with E-state index in [4.69, 9.17) is 11.1 Å². The maximum absolute atomic E-state index is 12.5. The number of carbonyl (C=O) groups is 1. The predicted octanol–water partition coefficient (Wildman–Crippen LogP) is 3.16. The molecule has 2 rings (SSSR count). The van der Waals surface area contributed by atoms with Gasteiger partial charge in [0.1, 0.15) is 0 Å². The van der Waals surface area contributed by atoms with Gasteiger partial charge >= 0.3 is 6.03 Å². The Balaban J connectivity index is 2.11. The number of guanidine groups is 1. The highest BCUT2D eigenvalue weighted by molar-refractivity contribution is 6.14. The number of urea groups is 1. The molecule has 1 aliphatic carbocycles. The van der Waals surface area contributed by atoms with Gasteiger partial charge in [0.2, 0.25) is 5.96 Å². The Morgan fingerprint density at radius 3 is 2.73 bits per heavy atom. The van der Waals surface area contributed by atoms with Gasteiger partial charge in [-0.2, -0.15) is 0 Å². The number of carbonyl (C=O) groups excluding carboxylic acids is 1. The molecule has 1 aliphatic rings. The Hall–Kier alpha value is -2.04. The van der Waals surface area contributed by atoms with E-state index in [2.05, 4.69) is 5.32 Å². The van der Waals surface area contributed by atoms with Crippen LogP contribution in [0.5, 0.6) is 0 Å². The molecule has 0 radical (unpaired) electrons. The van der Waals surface area contributed by atoms with E-state index in [1.54, 1.807) is 0 Å². The Morgan fingerprint density at radius 1 is 1.45 bits per heavy atom. The molecule has 0 atom stereocenters. The minimum atomic E-state index is -0.309. The van der Waals surface area contributed by atoms with Gasteiger partial charge in [-0.1, -0.05) is 44.4 Å². The van der Waals surface area contributed by atoms with Crippen LogP contribution in [0.3, 0.4) is 0 Å². The molecule has 0 saturated heterocycles. The quantitative estimate of drug-likeness (QED) is 0.577. The normalized spacial score (nSPS) is 14.3. The van der Waals surface area contributed by atoms with E-state index >= 15 is 0 Å². The van der Waals surface area contributed by atoms with Crippen LogP contribution in [0, 0.1) is 18.3 Å². The third kappa shape index (κ3) is 3.59. The summed E-state index contributed by atoms with van der Waals surface area (Å²) in [5.41, 5.74) is 8.38. The third-order valence-electron chi connectivity index (χ3n) is 4.42. The van der Waals surface area contributed by atoms with Crippen LogP contribution in [0.25, 0.3) is 0 Å². The maximum atomic E-state index is 12.5. The van der Waals surface area contributed by atoms with Crippen molar-refractivity contribution in [3.63, 3.8) is 0 Å². The third-order valence-corrected chi connectivity index (χ3v) is 4.42. The van der Waals surface area contributed by atoms with Crippen LogP contribution in [0.2, 0.25) is 0 Å². The van der Waals surface area contributed by atoms with Crippen molar-refractivity contribution in [1.29, 1.82) is 5.41 Å². The van der Waals surface area contributed by atoms with Crippen LogP contribution in [-0.2, 0) is 6.42 Å². The summed E-state index contributed by atoms with van der Waals surface area (Å²) in [5.74, 6) is 0.501. The first-order chi connectivity index (χ1) is 10.5. The number of amides is 2. The lowest BCUT2D eigenvalue weighted by molar-refractivity contribution is 0.244. The molecular weight excluding hydrogens is 276 g/mol. The molecule has 2 amide bonds. The second kappa shape index (κ2) is 7.29. The van der Waals surface area contributed by atoms with Crippen molar-refractivity contribution in [2.24, 2.45) is 11.7 Å². The molecule has 0 unspecified atom stereocenters. The lowest BCUT2D eigenvalue weighted by Crippen LogP contribution is -2.48. The molecule has 0 aliphatic heterocycles. The molecule has 1 fully saturated rings. The molecule has 22 heavy (non-hydrogen) atoms. The van der Waals surface area contributed by atoms with E-state index in [1.807, 2.05) is 32.0 Å². The highest BCUT2D eigenvalue weighted by Gasteiger charge is 2.23. The maximum Gasteiger partial charge on any atom is 0.328 e. The molecule has 1 aromatic rings. The number of nitrogens with zero attached hydrogens (tertiary/aromatic N) is 1. The van der Waals surface area contributed by atoms with E-state index in [1.165, 1.54) is 24.2 Å². The van der Waals surface area contributed by atoms with Gasteiger partial charge in [0.05, 0.1) is 5.69 Å². The number of rotatable bonds is 5. The molecular formula is C17H26N4O. The zero-order chi connectivity index (χ0) is 16.1. The molecule has 120 valence electrons. The van der Waals surface area contributed by atoms with Crippen molar-refractivity contribution in [1.82, 2.24) is 5.32 Å². The number of anilines is 1. The summed E-state index contributed by atoms with van der Waals surface area (Å²) in [6, 6.07) is 5.56. The average molecular weight is 302 g/mol. The number of hydrogen-bond donors (Lipinski definition) is 3. The van der Waals surface area contributed by atoms with Crippen molar-refractivity contribution in [2.75, 3.05) is 11.4 Å². The molecule has 0 heterocycles. The fourth-order valence-corrected chi connectivity index (χ4v) is 2.90. The molecule has 0 bridgehead atoms. The molecule has 4 N–H and O–H groups in total. The highest BCUT2D eigenvalue weighted by atomic mass is 16.2. The monoisotopic (exact) mass is 302 g/mol. The van der Waals surface area contributed by atoms with E-state index in [9.17, 15) is 4.79 Å². The molecule has 0 spiro atoms. The molecule has 5 heteroatoms. The lowest BCUT2D eigenvalue weighted by atomic mass is 9.83. The van der Waals surface area contributed by atoms with Gasteiger partial charge in [0.25, 0.3) is 0 Å². The minimum absolute atomic E-state index is 0.245. The SMILES string of the molecule is CCc1cccc(C)c1N(C(=N)N)C(=O)NCCC1CCC1. The van der Waals surface area contributed by atoms with Gasteiger partial charge in [0, 0.05) is 6.54 Å². The zero-order valence-corrected chi connectivity index (χ0v) is 13.5. The first-order valence-electron chi connectivity index (χ1n) is 8.05. The van der Waals surface area contributed by atoms with Gasteiger partial charge < -0.3 is 11.1 Å². The van der Waals surface area contributed by atoms with Gasteiger partial charge in [-0.25, -0.2) is 9.69 Å². The van der Waals surface area contributed by atoms with Crippen molar-refractivity contribution < 1.29 is 4.79 Å². The lowest BCUT2D eigenvalue weighted by Gasteiger charge is -2.27. The van der Waals surface area contributed by atoms with Crippen LogP contribution < -0.4 is 16.0 Å². The number of para-hydroxylation sites is 1. The number of nitrogens with two attached hydrogens (primary N) is 1. The Morgan fingerprint density at radius 2 is 2.18 bits per heavy atom. The fraction of sp³-hybridized carbons (Fsp3) is 0.529. The van der Waals surface area contributed by atoms with Gasteiger partial charge in [-0.05, 0) is 36.8 Å². The smallest absolute Gasteiger partial charge is 0.328 e. The van der Waals surface area contributed by atoms with Gasteiger partial charge in [-0.3, -0.25) is 5.41 Å². The van der Waals surface area contributed by atoms with Crippen LogP contribution in [0.4, 0.5) is 10.5 Å². The number of benzene rings is 1. The topological polar surface area (TPSA) is 82.2 Å². The summed E-state index contributed by atoms with van der Waals surface area (Å²) in [6.07, 6.45) is 5.64. The van der Waals surface area contributed by atoms with Crippen molar-refractivity contribution in [3.05, 3.63) is 29.3 Å². The molecule has 1 aromatic carbocycles. The second-order valence-corrected chi connectivity index (χ2v) is 5.97. The van der Waals surface area contributed by atoms with E-state index < -0.39 is 0 Å². The number of nitrogens with one attached hydrogen (secondary N) is 2. The first kappa shape index (κ1) is 16.3. The first-order valence-corrected chi connectivity index (χ1v) is 8.05. The summed E-state index contributed by atoms with van der Waals surface area (Å²) in [6.45, 7) is 4.61. The molecule has 0 aromatic heterocycles. The van der Waals surface area contributed by atoms with Crippen LogP contribution in [0.1, 0.15) is 43.7 Å². The second-order valence-electron chi connectivity index (χ2n) is 5.97. The summed E-state index contributed by atoms with van der Waals surface area (Å²) in [4.78, 5) is 13.8. The van der Waals surface area contributed by atoms with Crippen LogP contribution >= 0.6 is 0 Å². The van der Waals surface area contributed by atoms with E-state index in [-0.39, 0.29) is 12.0 Å². The summed E-state index contributed by atoms with van der Waals surface area (Å²) in [7, 11) is 0. The van der Waals surface area contributed by atoms with Gasteiger partial charge in [0.15, 0.2) is 0 Å². The number of aryl methyl sites for hydroxylation is 2. The Bertz CT molecular complexity index is 552. The standard InChI is InChI=1S/C17H26N4O/c1-3-14-9-4-6-12(2)15(14)21(16(18)19)17(22)20-11-10-13-7-5-8-13/h4,6,9,13H,3,5,7-8,10-11H2,1-2H3,(H3,18,19)(H,20,22). The van der Waals surface area contributed by atoms with Crippen LogP contribution in [-0.4, -0.2) is 18.5 Å². The molecule has 5 nitrogen and oxygen atoms in total. The Kier molecular flexibility index (Phi) is 5.41. The van der Waals surface area contributed by atoms with Crippen molar-refractivity contribution in [2.45, 2.75) is 46.0 Å². The predicted molar refractivity (Wildman–Crippen MR) is 90.3 cm³/mol. The van der Waals surface area contributed by atoms with E-state index in [0.717, 1.165) is 35.6 Å². The van der Waals surface area contributed by atoms with E-state index in [0.29, 0.717) is 6.54 Å². The summed E-state index contributed by atoms with van der Waals surface area (Å²) < 4.78 is 0. The number of hydrogen-bond acceptors (Lipinski definition) is 2. The highest BCUT2D eigenvalue weighted by Crippen LogP contribution is 2.29. The van der Waals surface area contributed by atoms with Crippen molar-refractivity contribution in [3.8, 4) is 0 Å². The summed E-state index contributed by atoms with van der Waals surface area (Å²) in [5, 5.41) is 10.7. The largest absolute Gasteiger partial charge is 0.369 e.